The second kappa shape index (κ2) is 10.9. The summed E-state index contributed by atoms with van der Waals surface area (Å²) in [6, 6.07) is 3.70. The van der Waals surface area contributed by atoms with E-state index >= 15 is 0 Å². The number of carbonyl (C=O) groups is 2. The summed E-state index contributed by atoms with van der Waals surface area (Å²) in [5.41, 5.74) is -0.451. The summed E-state index contributed by atoms with van der Waals surface area (Å²) >= 11 is 0. The van der Waals surface area contributed by atoms with Crippen molar-refractivity contribution in [1.29, 1.82) is 0 Å². The fourth-order valence-electron chi connectivity index (χ4n) is 5.13. The van der Waals surface area contributed by atoms with E-state index in [0.717, 1.165) is 57.3 Å². The minimum atomic E-state index is -4.49. The molecule has 1 saturated carbocycles. The van der Waals surface area contributed by atoms with E-state index in [-0.39, 0.29) is 35.7 Å². The average Bonchev–Trinajstić information content (AvgIpc) is 2.82. The van der Waals surface area contributed by atoms with Crippen LogP contribution in [-0.4, -0.2) is 81.2 Å². The van der Waals surface area contributed by atoms with Gasteiger partial charge in [0.05, 0.1) is 23.7 Å². The molecule has 1 saturated heterocycles. The van der Waals surface area contributed by atoms with Crippen molar-refractivity contribution in [3.8, 4) is 0 Å². The Bertz CT molecular complexity index is 1080. The molecule has 1 aromatic carbocycles. The summed E-state index contributed by atoms with van der Waals surface area (Å²) in [4.78, 5) is 35.8. The predicted octanol–water partition coefficient (Wildman–Crippen LogP) is 3.56. The molecule has 3 N–H and O–H groups in total. The molecular weight excluding hydrogens is 477 g/mol. The Morgan fingerprint density at radius 2 is 1.89 bits per heavy atom. The SMILES string of the molecule is CCCN(C(=O)O)[C@H]1CC[C@H](N2CC(NC(=O)CNc3ncnc4ccc(C(F)(F)F)cc34)C2)CC1. The number of amides is 2. The molecule has 2 fully saturated rings. The highest BCUT2D eigenvalue weighted by molar-refractivity contribution is 5.91. The van der Waals surface area contributed by atoms with Crippen molar-refractivity contribution in [3.05, 3.63) is 30.1 Å². The third-order valence-corrected chi connectivity index (χ3v) is 6.99. The standard InChI is InChI=1S/C24H31F3N6O3/c1-2-9-33(23(35)36)18-6-4-17(5-7-18)32-12-16(13-32)31-21(34)11-28-22-19-10-15(24(25,26)27)3-8-20(19)29-14-30-22/h3,8,10,14,16-18H,2,4-7,9,11-13H2,1H3,(H,31,34)(H,35,36)(H,28,29,30)/t17-,18-. The van der Waals surface area contributed by atoms with Gasteiger partial charge in [-0.05, 0) is 50.3 Å². The normalized spacial score (nSPS) is 21.1. The molecule has 12 heteroatoms. The molecule has 36 heavy (non-hydrogen) atoms. The number of rotatable bonds is 8. The fraction of sp³-hybridized carbons (Fsp3) is 0.583. The molecule has 0 bridgehead atoms. The van der Waals surface area contributed by atoms with Crippen molar-refractivity contribution in [2.24, 2.45) is 0 Å². The molecule has 2 amide bonds. The Balaban J connectivity index is 1.23. The third-order valence-electron chi connectivity index (χ3n) is 6.99. The van der Waals surface area contributed by atoms with Crippen molar-refractivity contribution in [2.75, 3.05) is 31.5 Å². The van der Waals surface area contributed by atoms with Gasteiger partial charge in [-0.15, -0.1) is 0 Å². The Kier molecular flexibility index (Phi) is 7.82. The fourth-order valence-corrected chi connectivity index (χ4v) is 5.13. The van der Waals surface area contributed by atoms with Crippen LogP contribution in [0.3, 0.4) is 0 Å². The maximum absolute atomic E-state index is 13.1. The van der Waals surface area contributed by atoms with Gasteiger partial charge in [-0.1, -0.05) is 6.92 Å². The van der Waals surface area contributed by atoms with Crippen LogP contribution in [-0.2, 0) is 11.0 Å². The molecular formula is C24H31F3N6O3. The van der Waals surface area contributed by atoms with Crippen LogP contribution in [0, 0.1) is 0 Å². The lowest BCUT2D eigenvalue weighted by molar-refractivity contribution is -0.137. The molecule has 0 atom stereocenters. The van der Waals surface area contributed by atoms with Crippen LogP contribution in [0.4, 0.5) is 23.8 Å². The van der Waals surface area contributed by atoms with Gasteiger partial charge in [0.15, 0.2) is 0 Å². The zero-order chi connectivity index (χ0) is 25.9. The maximum Gasteiger partial charge on any atom is 0.416 e. The largest absolute Gasteiger partial charge is 0.465 e. The topological polar surface area (TPSA) is 111 Å². The number of alkyl halides is 3. The Morgan fingerprint density at radius 3 is 2.53 bits per heavy atom. The van der Waals surface area contributed by atoms with Gasteiger partial charge in [0.2, 0.25) is 5.91 Å². The number of halogens is 3. The van der Waals surface area contributed by atoms with E-state index in [1.165, 1.54) is 12.4 Å². The number of hydrogen-bond donors (Lipinski definition) is 3. The number of likely N-dealkylation sites (tertiary alicyclic amines) is 1. The van der Waals surface area contributed by atoms with Crippen LogP contribution >= 0.6 is 0 Å². The molecule has 1 aliphatic heterocycles. The zero-order valence-corrected chi connectivity index (χ0v) is 20.1. The quantitative estimate of drug-likeness (QED) is 0.500. The van der Waals surface area contributed by atoms with E-state index in [9.17, 15) is 27.9 Å². The van der Waals surface area contributed by atoms with E-state index in [1.54, 1.807) is 4.90 Å². The Morgan fingerprint density at radius 1 is 1.17 bits per heavy atom. The number of carboxylic acid groups (broad SMARTS) is 1. The van der Waals surface area contributed by atoms with Gasteiger partial charge in [0.25, 0.3) is 0 Å². The van der Waals surface area contributed by atoms with Crippen molar-refractivity contribution < 1.29 is 27.9 Å². The molecule has 4 rings (SSSR count). The molecule has 196 valence electrons. The lowest BCUT2D eigenvalue weighted by Gasteiger charge is -2.47. The van der Waals surface area contributed by atoms with Gasteiger partial charge in [-0.25, -0.2) is 14.8 Å². The van der Waals surface area contributed by atoms with Crippen LogP contribution in [0.1, 0.15) is 44.6 Å². The average molecular weight is 509 g/mol. The molecule has 0 unspecified atom stereocenters. The molecule has 0 radical (unpaired) electrons. The number of hydrogen-bond acceptors (Lipinski definition) is 6. The number of carbonyl (C=O) groups excluding carboxylic acids is 1. The number of nitrogens with one attached hydrogen (secondary N) is 2. The van der Waals surface area contributed by atoms with Crippen LogP contribution in [0.5, 0.6) is 0 Å². The second-order valence-corrected chi connectivity index (χ2v) is 9.46. The van der Waals surface area contributed by atoms with E-state index < -0.39 is 17.8 Å². The molecule has 9 nitrogen and oxygen atoms in total. The zero-order valence-electron chi connectivity index (χ0n) is 20.1. The monoisotopic (exact) mass is 508 g/mol. The first-order chi connectivity index (χ1) is 17.2. The van der Waals surface area contributed by atoms with Gasteiger partial charge < -0.3 is 20.6 Å². The van der Waals surface area contributed by atoms with Crippen molar-refractivity contribution in [3.63, 3.8) is 0 Å². The summed E-state index contributed by atoms with van der Waals surface area (Å²) in [7, 11) is 0. The molecule has 2 heterocycles. The third kappa shape index (κ3) is 5.97. The first-order valence-electron chi connectivity index (χ1n) is 12.2. The molecule has 2 aliphatic rings. The number of aromatic nitrogens is 2. The highest BCUT2D eigenvalue weighted by Gasteiger charge is 2.37. The van der Waals surface area contributed by atoms with Crippen molar-refractivity contribution in [1.82, 2.24) is 25.1 Å². The summed E-state index contributed by atoms with van der Waals surface area (Å²) in [6.07, 6.45) is 0.260. The number of nitrogens with zero attached hydrogens (tertiary/aromatic N) is 4. The minimum Gasteiger partial charge on any atom is -0.465 e. The summed E-state index contributed by atoms with van der Waals surface area (Å²) < 4.78 is 39.2. The van der Waals surface area contributed by atoms with Gasteiger partial charge >= 0.3 is 12.3 Å². The van der Waals surface area contributed by atoms with E-state index in [2.05, 4.69) is 25.5 Å². The summed E-state index contributed by atoms with van der Waals surface area (Å²) in [5.74, 6) is -0.0921. The smallest absolute Gasteiger partial charge is 0.416 e. The lowest BCUT2D eigenvalue weighted by atomic mass is 9.87. The Hall–Kier alpha value is -3.15. The van der Waals surface area contributed by atoms with Crippen LogP contribution in [0.15, 0.2) is 24.5 Å². The Labute approximate surface area is 207 Å². The highest BCUT2D eigenvalue weighted by atomic mass is 19.4. The van der Waals surface area contributed by atoms with Crippen molar-refractivity contribution >= 4 is 28.7 Å². The van der Waals surface area contributed by atoms with Gasteiger partial charge in [0.1, 0.15) is 12.1 Å². The summed E-state index contributed by atoms with van der Waals surface area (Å²) in [6.45, 7) is 3.87. The highest BCUT2D eigenvalue weighted by Crippen LogP contribution is 2.32. The lowest BCUT2D eigenvalue weighted by Crippen LogP contribution is -2.63. The molecule has 1 aliphatic carbocycles. The first kappa shape index (κ1) is 25.9. The minimum absolute atomic E-state index is 0.00612. The number of anilines is 1. The molecule has 0 spiro atoms. The van der Waals surface area contributed by atoms with Gasteiger partial charge in [0, 0.05) is 37.1 Å². The number of benzene rings is 1. The van der Waals surface area contributed by atoms with E-state index in [4.69, 9.17) is 0 Å². The number of fused-ring (bicyclic) bond motifs is 1. The van der Waals surface area contributed by atoms with Crippen LogP contribution < -0.4 is 10.6 Å². The first-order valence-corrected chi connectivity index (χ1v) is 12.2. The van der Waals surface area contributed by atoms with Crippen LogP contribution in [0.25, 0.3) is 10.9 Å². The van der Waals surface area contributed by atoms with Gasteiger partial charge in [-0.3, -0.25) is 9.69 Å². The van der Waals surface area contributed by atoms with E-state index in [1.807, 2.05) is 6.92 Å². The summed E-state index contributed by atoms with van der Waals surface area (Å²) in [5, 5.41) is 15.4. The van der Waals surface area contributed by atoms with Gasteiger partial charge in [-0.2, -0.15) is 13.2 Å². The van der Waals surface area contributed by atoms with Crippen LogP contribution in [0.2, 0.25) is 0 Å². The molecule has 1 aromatic heterocycles. The predicted molar refractivity (Wildman–Crippen MR) is 128 cm³/mol. The maximum atomic E-state index is 13.1. The molecule has 2 aromatic rings. The van der Waals surface area contributed by atoms with E-state index in [0.29, 0.717) is 18.1 Å². The second-order valence-electron chi connectivity index (χ2n) is 9.46. The van der Waals surface area contributed by atoms with Crippen molar-refractivity contribution in [2.45, 2.75) is 63.3 Å².